The maximum atomic E-state index is 14.2. The average molecular weight is 290 g/mol. The molecule has 0 saturated carbocycles. The Morgan fingerprint density at radius 1 is 0.818 bits per heavy atom. The van der Waals surface area contributed by atoms with Crippen molar-refractivity contribution in [1.82, 2.24) is 0 Å². The van der Waals surface area contributed by atoms with Gasteiger partial charge in [0.05, 0.1) is 11.9 Å². The van der Waals surface area contributed by atoms with Crippen LogP contribution in [0.1, 0.15) is 5.56 Å². The molecular weight excluding hydrogens is 275 g/mol. The van der Waals surface area contributed by atoms with E-state index in [4.69, 9.17) is 0 Å². The standard InChI is InChI=1S/C19H15FN2/c20-19-13-15(14-21-22-17-9-5-2-6-10-17)11-12-18(19)16-7-3-1-4-8-16/h1-14,22H. The van der Waals surface area contributed by atoms with Gasteiger partial charge in [0.2, 0.25) is 0 Å². The summed E-state index contributed by atoms with van der Waals surface area (Å²) < 4.78 is 14.2. The van der Waals surface area contributed by atoms with Gasteiger partial charge in [-0.1, -0.05) is 60.7 Å². The zero-order chi connectivity index (χ0) is 15.2. The van der Waals surface area contributed by atoms with Crippen LogP contribution in [0.4, 0.5) is 10.1 Å². The summed E-state index contributed by atoms with van der Waals surface area (Å²) >= 11 is 0. The van der Waals surface area contributed by atoms with Gasteiger partial charge >= 0.3 is 0 Å². The first kappa shape index (κ1) is 14.0. The lowest BCUT2D eigenvalue weighted by Gasteiger charge is -2.04. The third-order valence-electron chi connectivity index (χ3n) is 3.26. The van der Waals surface area contributed by atoms with Crippen LogP contribution >= 0.6 is 0 Å². The van der Waals surface area contributed by atoms with E-state index in [1.165, 1.54) is 6.07 Å². The predicted molar refractivity (Wildman–Crippen MR) is 89.5 cm³/mol. The second kappa shape index (κ2) is 6.68. The van der Waals surface area contributed by atoms with Crippen LogP contribution < -0.4 is 5.43 Å². The summed E-state index contributed by atoms with van der Waals surface area (Å²) in [6.07, 6.45) is 1.60. The Morgan fingerprint density at radius 3 is 2.18 bits per heavy atom. The number of hydrogen-bond acceptors (Lipinski definition) is 2. The average Bonchev–Trinajstić information content (AvgIpc) is 2.57. The Balaban J connectivity index is 1.75. The molecule has 2 nitrogen and oxygen atoms in total. The predicted octanol–water partition coefficient (Wildman–Crippen LogP) is 4.94. The molecule has 0 unspecified atom stereocenters. The molecule has 3 aromatic rings. The first-order valence-corrected chi connectivity index (χ1v) is 7.02. The van der Waals surface area contributed by atoms with Crippen molar-refractivity contribution in [2.75, 3.05) is 5.43 Å². The number of benzene rings is 3. The van der Waals surface area contributed by atoms with E-state index in [0.717, 1.165) is 11.3 Å². The van der Waals surface area contributed by atoms with Crippen LogP contribution in [-0.2, 0) is 0 Å². The van der Waals surface area contributed by atoms with E-state index in [-0.39, 0.29) is 5.82 Å². The summed E-state index contributed by atoms with van der Waals surface area (Å²) in [5.74, 6) is -0.255. The molecule has 0 aliphatic carbocycles. The number of anilines is 1. The Labute approximate surface area is 128 Å². The van der Waals surface area contributed by atoms with Gasteiger partial charge < -0.3 is 0 Å². The molecule has 0 atom stereocenters. The van der Waals surface area contributed by atoms with E-state index in [1.54, 1.807) is 12.3 Å². The molecule has 108 valence electrons. The maximum absolute atomic E-state index is 14.2. The quantitative estimate of drug-likeness (QED) is 0.534. The van der Waals surface area contributed by atoms with E-state index in [2.05, 4.69) is 10.5 Å². The Morgan fingerprint density at radius 2 is 1.50 bits per heavy atom. The molecule has 3 heteroatoms. The van der Waals surface area contributed by atoms with Crippen LogP contribution in [0.3, 0.4) is 0 Å². The van der Waals surface area contributed by atoms with Crippen molar-refractivity contribution in [2.24, 2.45) is 5.10 Å². The summed E-state index contributed by atoms with van der Waals surface area (Å²) in [4.78, 5) is 0. The summed E-state index contributed by atoms with van der Waals surface area (Å²) in [5, 5.41) is 4.11. The van der Waals surface area contributed by atoms with Gasteiger partial charge in [0, 0.05) is 5.56 Å². The van der Waals surface area contributed by atoms with Gasteiger partial charge in [0.15, 0.2) is 0 Å². The Kier molecular flexibility index (Phi) is 4.25. The minimum absolute atomic E-state index is 0.255. The zero-order valence-corrected chi connectivity index (χ0v) is 11.9. The van der Waals surface area contributed by atoms with Gasteiger partial charge in [-0.3, -0.25) is 5.43 Å². The minimum atomic E-state index is -0.255. The van der Waals surface area contributed by atoms with Crippen molar-refractivity contribution in [2.45, 2.75) is 0 Å². The molecule has 22 heavy (non-hydrogen) atoms. The fourth-order valence-electron chi connectivity index (χ4n) is 2.16. The number of hydrogen-bond donors (Lipinski definition) is 1. The molecule has 0 saturated heterocycles. The van der Waals surface area contributed by atoms with E-state index in [0.29, 0.717) is 11.1 Å². The smallest absolute Gasteiger partial charge is 0.131 e. The lowest BCUT2D eigenvalue weighted by Crippen LogP contribution is -1.92. The normalized spacial score (nSPS) is 10.8. The Hall–Kier alpha value is -2.94. The number of rotatable bonds is 4. The second-order valence-electron chi connectivity index (χ2n) is 4.84. The molecular formula is C19H15FN2. The molecule has 0 heterocycles. The first-order chi connectivity index (χ1) is 10.8. The van der Waals surface area contributed by atoms with Gasteiger partial charge in [-0.05, 0) is 29.3 Å². The van der Waals surface area contributed by atoms with Gasteiger partial charge in [-0.25, -0.2) is 4.39 Å². The molecule has 0 aliphatic rings. The summed E-state index contributed by atoms with van der Waals surface area (Å²) in [6, 6.07) is 24.2. The van der Waals surface area contributed by atoms with E-state index in [9.17, 15) is 4.39 Å². The van der Waals surface area contributed by atoms with Gasteiger partial charge in [0.25, 0.3) is 0 Å². The maximum Gasteiger partial charge on any atom is 0.131 e. The number of hydrazone groups is 1. The van der Waals surface area contributed by atoms with Crippen LogP contribution in [0.5, 0.6) is 0 Å². The SMILES string of the molecule is Fc1cc(C=NNc2ccccc2)ccc1-c1ccccc1. The Bertz CT molecular complexity index is 768. The number of nitrogens with zero attached hydrogens (tertiary/aromatic N) is 1. The monoisotopic (exact) mass is 290 g/mol. The third-order valence-corrected chi connectivity index (χ3v) is 3.26. The molecule has 0 aliphatic heterocycles. The van der Waals surface area contributed by atoms with Crippen LogP contribution in [0, 0.1) is 5.82 Å². The van der Waals surface area contributed by atoms with Crippen molar-refractivity contribution < 1.29 is 4.39 Å². The van der Waals surface area contributed by atoms with E-state index < -0.39 is 0 Å². The largest absolute Gasteiger partial charge is 0.279 e. The molecule has 3 aromatic carbocycles. The van der Waals surface area contributed by atoms with Crippen molar-refractivity contribution in [3.63, 3.8) is 0 Å². The fraction of sp³-hybridized carbons (Fsp3) is 0. The highest BCUT2D eigenvalue weighted by Gasteiger charge is 2.04. The molecule has 0 amide bonds. The molecule has 0 fully saturated rings. The third kappa shape index (κ3) is 3.38. The van der Waals surface area contributed by atoms with Crippen molar-refractivity contribution >= 4 is 11.9 Å². The molecule has 0 bridgehead atoms. The molecule has 3 rings (SSSR count). The zero-order valence-electron chi connectivity index (χ0n) is 11.9. The second-order valence-corrected chi connectivity index (χ2v) is 4.84. The highest BCUT2D eigenvalue weighted by molar-refractivity contribution is 5.81. The van der Waals surface area contributed by atoms with Gasteiger partial charge in [-0.2, -0.15) is 5.10 Å². The van der Waals surface area contributed by atoms with E-state index in [1.807, 2.05) is 66.7 Å². The number of halogens is 1. The lowest BCUT2D eigenvalue weighted by molar-refractivity contribution is 0.631. The van der Waals surface area contributed by atoms with Crippen LogP contribution in [0.2, 0.25) is 0 Å². The summed E-state index contributed by atoms with van der Waals surface area (Å²) in [7, 11) is 0. The number of nitrogens with one attached hydrogen (secondary N) is 1. The van der Waals surface area contributed by atoms with E-state index >= 15 is 0 Å². The molecule has 0 spiro atoms. The summed E-state index contributed by atoms with van der Waals surface area (Å²) in [6.45, 7) is 0. The molecule has 0 aromatic heterocycles. The topological polar surface area (TPSA) is 24.4 Å². The van der Waals surface area contributed by atoms with Gasteiger partial charge in [0.1, 0.15) is 5.82 Å². The minimum Gasteiger partial charge on any atom is -0.279 e. The number of para-hydroxylation sites is 1. The highest BCUT2D eigenvalue weighted by Crippen LogP contribution is 2.22. The van der Waals surface area contributed by atoms with Crippen LogP contribution in [0.25, 0.3) is 11.1 Å². The molecule has 0 radical (unpaired) electrons. The van der Waals surface area contributed by atoms with Crippen molar-refractivity contribution in [3.05, 3.63) is 90.2 Å². The van der Waals surface area contributed by atoms with Crippen LogP contribution in [0.15, 0.2) is 84.0 Å². The van der Waals surface area contributed by atoms with Crippen molar-refractivity contribution in [1.29, 1.82) is 0 Å². The first-order valence-electron chi connectivity index (χ1n) is 7.02. The van der Waals surface area contributed by atoms with Crippen molar-refractivity contribution in [3.8, 4) is 11.1 Å². The summed E-state index contributed by atoms with van der Waals surface area (Å²) in [5.41, 5.74) is 5.96. The fourth-order valence-corrected chi connectivity index (χ4v) is 2.16. The lowest BCUT2D eigenvalue weighted by atomic mass is 10.0. The molecule has 1 N–H and O–H groups in total. The van der Waals surface area contributed by atoms with Gasteiger partial charge in [-0.15, -0.1) is 0 Å². The van der Waals surface area contributed by atoms with Crippen LogP contribution in [-0.4, -0.2) is 6.21 Å². The highest BCUT2D eigenvalue weighted by atomic mass is 19.1.